The second-order valence-electron chi connectivity index (χ2n) is 0. The zero-order valence-electron chi connectivity index (χ0n) is 7.42. The smallest absolute Gasteiger partial charge is 0.154 e. The number of nitroso groups, excluding NO2 is 4. The van der Waals surface area contributed by atoms with Crippen LogP contribution in [0.15, 0.2) is 0 Å². The van der Waals surface area contributed by atoms with Gasteiger partial charge in [0.2, 0.25) is 5.65 Å². The highest BCUT2D eigenvalue weighted by atomic mass is 16.2. The van der Waals surface area contributed by atoms with E-state index in [9.17, 15) is 0 Å². The molecule has 0 aliphatic rings. The van der Waals surface area contributed by atoms with Crippen LogP contribution in [-0.4, -0.2) is 0 Å². The lowest BCUT2D eigenvalue weighted by atomic mass is 13.8. The molecule has 48 valence electrons. The van der Waals surface area contributed by atoms with E-state index in [4.69, 9.17) is 25.3 Å². The molecule has 0 aromatic heterocycles. The predicted molar refractivity (Wildman–Crippen MR) is 24.3 cm³/mol. The van der Waals surface area contributed by atoms with E-state index in [1.54, 1.807) is 0 Å². The number of hydrogen-bond acceptors (Lipinski definition) is 8. The Labute approximate surface area is 49.2 Å². The van der Waals surface area contributed by atoms with E-state index in [1.807, 2.05) is 0 Å². The standard InChI is InChI=1S/4HNO/c4*1-2/h4*1H/i4*1D. The maximum absolute atomic E-state index is 8.22. The summed E-state index contributed by atoms with van der Waals surface area (Å²) in [4.78, 5) is 32.9. The van der Waals surface area contributed by atoms with Crippen molar-refractivity contribution in [3.05, 3.63) is 19.6 Å². The third-order valence-electron chi connectivity index (χ3n) is 0. The first-order chi connectivity index (χ1) is 5.66. The summed E-state index contributed by atoms with van der Waals surface area (Å²) in [6.45, 7) is 0. The minimum absolute atomic E-state index is 1.50. The number of rotatable bonds is 0. The van der Waals surface area contributed by atoms with Crippen molar-refractivity contribution in [3.63, 3.8) is 0 Å². The molecule has 0 fully saturated rings. The van der Waals surface area contributed by atoms with Gasteiger partial charge in [-0.2, -0.15) is 19.6 Å². The Hall–Kier alpha value is -1.60. The van der Waals surface area contributed by atoms with Gasteiger partial charge in [0.1, 0.15) is 0 Å². The topological polar surface area (TPSA) is 164 Å². The Morgan fingerprint density at radius 3 is 0.750 bits per heavy atom. The number of hydrogen-bond donors (Lipinski definition) is 4. The molecule has 0 aromatic carbocycles. The van der Waals surface area contributed by atoms with Gasteiger partial charge >= 0.3 is 0 Å². The normalized spacial score (nSPS) is 7.00. The third kappa shape index (κ3) is 19.9. The largest absolute Gasteiger partial charge is 0.239 e. The maximum atomic E-state index is 8.22. The molecule has 0 heterocycles. The molecule has 0 aromatic rings. The molecule has 0 spiro atoms. The highest BCUT2D eigenvalue weighted by Gasteiger charge is 0.594. The fourth-order valence-electron chi connectivity index (χ4n) is 0. The SMILES string of the molecule is [2H]N=O.[2H]N=O.[2H]N=O.[2H]N=O. The van der Waals surface area contributed by atoms with Gasteiger partial charge < -0.3 is 0 Å². The first-order valence-electron chi connectivity index (χ1n) is 2.52. The molecule has 0 rings (SSSR count). The van der Waals surface area contributed by atoms with Crippen LogP contribution in [-0.2, 0) is 0 Å². The van der Waals surface area contributed by atoms with Crippen molar-refractivity contribution in [3.8, 4) is 0 Å². The zero-order chi connectivity index (χ0) is 10.8. The van der Waals surface area contributed by atoms with E-state index in [-0.39, 0.29) is 0 Å². The summed E-state index contributed by atoms with van der Waals surface area (Å²) in [6, 6.07) is 0. The van der Waals surface area contributed by atoms with Crippen LogP contribution in [0.2, 0.25) is 5.65 Å². The summed E-state index contributed by atoms with van der Waals surface area (Å²) in [5.74, 6) is 0. The van der Waals surface area contributed by atoms with Crippen molar-refractivity contribution in [2.45, 2.75) is 0 Å². The molecule has 0 saturated carbocycles. The highest BCUT2D eigenvalue weighted by Crippen LogP contribution is 0.772. The molecule has 8 nitrogen and oxygen atoms in total. The van der Waals surface area contributed by atoms with Crippen LogP contribution < -0.4 is 0 Å². The Morgan fingerprint density at radius 1 is 0.750 bits per heavy atom. The monoisotopic (exact) mass is 128 g/mol. The lowest BCUT2D eigenvalue weighted by Gasteiger charge is -0.827. The first kappa shape index (κ1) is 4.56. The van der Waals surface area contributed by atoms with Crippen LogP contribution in [0.3, 0.4) is 0 Å². The molecule has 0 radical (unpaired) electrons. The number of nitrogens with one attached hydrogen (secondary N) is 4. The summed E-state index contributed by atoms with van der Waals surface area (Å²) in [5, 5.41) is 0. The van der Waals surface area contributed by atoms with Crippen molar-refractivity contribution in [2.24, 2.45) is 0 Å². The van der Waals surface area contributed by atoms with Crippen molar-refractivity contribution in [1.29, 1.82) is 22.3 Å². The van der Waals surface area contributed by atoms with E-state index in [0.717, 1.165) is 0 Å². The van der Waals surface area contributed by atoms with Crippen LogP contribution >= 0.6 is 0 Å². The van der Waals surface area contributed by atoms with Gasteiger partial charge in [-0.15, -0.1) is 0 Å². The van der Waals surface area contributed by atoms with E-state index >= 15 is 0 Å². The minimum atomic E-state index is 1.50. The van der Waals surface area contributed by atoms with Crippen LogP contribution in [0.25, 0.3) is 0 Å². The molecule has 8 heavy (non-hydrogen) atoms. The van der Waals surface area contributed by atoms with E-state index in [1.165, 1.54) is 22.3 Å². The van der Waals surface area contributed by atoms with Gasteiger partial charge in [-0.25, -0.2) is 0 Å². The summed E-state index contributed by atoms with van der Waals surface area (Å²) in [6.07, 6.45) is 0. The molecule has 4 N–H and O–H groups in total. The molecule has 0 amide bonds. The van der Waals surface area contributed by atoms with Crippen LogP contribution in [0.5, 0.6) is 0 Å². The molecule has 0 unspecified atom stereocenters. The summed E-state index contributed by atoms with van der Waals surface area (Å²) in [5.41, 5.74) is 6.00. The lowest BCUT2D eigenvalue weighted by Crippen LogP contribution is -0.649. The Morgan fingerprint density at radius 2 is 0.750 bits per heavy atom. The van der Waals surface area contributed by atoms with Gasteiger partial charge in [0, 0.05) is 0 Å². The average Bonchev–Trinajstić information content (AvgIpc) is 1.92. The fourth-order valence-corrected chi connectivity index (χ4v) is 0. The van der Waals surface area contributed by atoms with Gasteiger partial charge in [0.25, 0.3) is 0 Å². The van der Waals surface area contributed by atoms with Gasteiger partial charge in [-0.05, 0) is 0 Å². The summed E-state index contributed by atoms with van der Waals surface area (Å²) in [7, 11) is 0. The zero-order valence-corrected chi connectivity index (χ0v) is 3.42. The quantitative estimate of drug-likeness (QED) is 0.361. The van der Waals surface area contributed by atoms with Gasteiger partial charge in [0.15, 0.2) is 0 Å². The van der Waals surface area contributed by atoms with Gasteiger partial charge in [-0.3, -0.25) is 0 Å². The minimum Gasteiger partial charge on any atom is -0.154 e. The molecule has 0 aliphatic heterocycles. The molecule has 0 atom stereocenters. The molecular formula is H4N4O4. The lowest BCUT2D eigenvalue weighted by molar-refractivity contribution is 1.49. The molecular weight excluding hydrogens is 120 g/mol. The summed E-state index contributed by atoms with van der Waals surface area (Å²) >= 11 is 0. The Balaban J connectivity index is -0.0000000356. The summed E-state index contributed by atoms with van der Waals surface area (Å²) < 4.78 is 21.1. The molecule has 8 heteroatoms. The van der Waals surface area contributed by atoms with Crippen LogP contribution in [0.1, 0.15) is 0 Å². The maximum Gasteiger partial charge on any atom is 0.239 e. The van der Waals surface area contributed by atoms with E-state index < -0.39 is 0 Å². The third-order valence-corrected chi connectivity index (χ3v) is 0. The Bertz CT molecular complexity index is 73.1. The first-order valence-corrected chi connectivity index (χ1v) is 0.730. The van der Waals surface area contributed by atoms with Gasteiger partial charge in [0.05, 0.1) is 0 Å². The fraction of sp³-hybridized carbons (Fsp3) is 0. The van der Waals surface area contributed by atoms with Crippen molar-refractivity contribution in [2.75, 3.05) is 0 Å². The highest BCUT2D eigenvalue weighted by molar-refractivity contribution is 3.64. The second kappa shape index (κ2) is 40.8. The van der Waals surface area contributed by atoms with Crippen LogP contribution in [0.4, 0.5) is 0 Å². The molecule has 0 saturated heterocycles. The van der Waals surface area contributed by atoms with E-state index in [2.05, 4.69) is 0 Å². The van der Waals surface area contributed by atoms with Crippen molar-refractivity contribution < 1.29 is 5.65 Å². The second-order valence-corrected chi connectivity index (χ2v) is 0. The molecule has 0 aliphatic carbocycles. The predicted octanol–water partition coefficient (Wildman–Crippen LogP) is 1.33. The Kier molecular flexibility index (Phi) is 23.3. The van der Waals surface area contributed by atoms with Crippen LogP contribution in [0, 0.1) is 42.0 Å². The van der Waals surface area contributed by atoms with E-state index in [0.29, 0.717) is 0 Å². The van der Waals surface area contributed by atoms with Gasteiger partial charge in [-0.1, -0.05) is 22.3 Å². The van der Waals surface area contributed by atoms with Crippen molar-refractivity contribution >= 4 is 0 Å². The van der Waals surface area contributed by atoms with Crippen molar-refractivity contribution in [1.82, 2.24) is 0 Å². The average molecular weight is 128 g/mol. The molecule has 0 bridgehead atoms.